The van der Waals surface area contributed by atoms with E-state index >= 15 is 0 Å². The van der Waals surface area contributed by atoms with Crippen molar-refractivity contribution in [1.82, 2.24) is 0 Å². The van der Waals surface area contributed by atoms with Crippen LogP contribution >= 0.6 is 15.9 Å². The quantitative estimate of drug-likeness (QED) is 0.858. The molecule has 0 atom stereocenters. The summed E-state index contributed by atoms with van der Waals surface area (Å²) in [6.45, 7) is 3.71. The molecule has 1 aromatic carbocycles. The summed E-state index contributed by atoms with van der Waals surface area (Å²) in [6.07, 6.45) is 1.01. The normalized spacial score (nSPS) is 12.4. The summed E-state index contributed by atoms with van der Waals surface area (Å²) in [7, 11) is -6.96. The lowest BCUT2D eigenvalue weighted by Gasteiger charge is -2.11. The minimum absolute atomic E-state index is 0.392. The summed E-state index contributed by atoms with van der Waals surface area (Å²) in [5, 5.41) is 0. The Labute approximate surface area is 122 Å². The average molecular weight is 370 g/mol. The van der Waals surface area contributed by atoms with Crippen molar-refractivity contribution < 1.29 is 16.8 Å². The molecule has 0 aliphatic heterocycles. The lowest BCUT2D eigenvalue weighted by molar-refractivity contribution is 0.593. The topological polar surface area (TPSA) is 80.3 Å². The number of nitrogens with one attached hydrogen (secondary N) is 1. The van der Waals surface area contributed by atoms with Crippen LogP contribution in [-0.4, -0.2) is 34.6 Å². The van der Waals surface area contributed by atoms with Crippen molar-refractivity contribution >= 4 is 41.5 Å². The van der Waals surface area contributed by atoms with Crippen LogP contribution in [0.3, 0.4) is 0 Å². The largest absolute Gasteiger partial charge is 0.284 e. The van der Waals surface area contributed by atoms with Gasteiger partial charge in [-0.15, -0.1) is 0 Å². The molecule has 1 aromatic rings. The predicted octanol–water partition coefficient (Wildman–Crippen LogP) is 1.85. The highest BCUT2D eigenvalue weighted by molar-refractivity contribution is 9.10. The Morgan fingerprint density at radius 1 is 1.05 bits per heavy atom. The first-order valence-corrected chi connectivity index (χ1v) is 9.96. The molecule has 1 rings (SSSR count). The van der Waals surface area contributed by atoms with Gasteiger partial charge in [0.05, 0.1) is 11.5 Å². The van der Waals surface area contributed by atoms with Gasteiger partial charge in [0, 0.05) is 16.4 Å². The molecule has 0 fully saturated rings. The van der Waals surface area contributed by atoms with Gasteiger partial charge in [0.1, 0.15) is 9.84 Å². The fraction of sp³-hybridized carbons (Fsp3) is 0.455. The number of sulfonamides is 1. The molecule has 0 aliphatic carbocycles. The fourth-order valence-electron chi connectivity index (χ4n) is 1.50. The molecule has 8 heteroatoms. The first kappa shape index (κ1) is 16.5. The van der Waals surface area contributed by atoms with Gasteiger partial charge in [-0.25, -0.2) is 16.8 Å². The Morgan fingerprint density at radius 2 is 1.53 bits per heavy atom. The van der Waals surface area contributed by atoms with E-state index < -0.39 is 31.4 Å². The fourth-order valence-corrected chi connectivity index (χ4v) is 4.39. The van der Waals surface area contributed by atoms with E-state index in [9.17, 15) is 16.8 Å². The summed E-state index contributed by atoms with van der Waals surface area (Å²) < 4.78 is 48.8. The van der Waals surface area contributed by atoms with Crippen LogP contribution in [0.4, 0.5) is 5.69 Å². The molecule has 0 radical (unpaired) electrons. The molecule has 0 heterocycles. The lowest BCUT2D eigenvalue weighted by atomic mass is 10.1. The summed E-state index contributed by atoms with van der Waals surface area (Å²) in [6, 6.07) is 3.38. The molecule has 19 heavy (non-hydrogen) atoms. The second-order valence-corrected chi connectivity index (χ2v) is 9.37. The maximum Gasteiger partial charge on any atom is 0.233 e. The maximum absolute atomic E-state index is 11.8. The van der Waals surface area contributed by atoms with Gasteiger partial charge in [0.15, 0.2) is 0 Å². The van der Waals surface area contributed by atoms with Crippen LogP contribution < -0.4 is 4.72 Å². The van der Waals surface area contributed by atoms with Crippen molar-refractivity contribution in [3.8, 4) is 0 Å². The third-order valence-electron chi connectivity index (χ3n) is 2.43. The van der Waals surface area contributed by atoms with Crippen LogP contribution in [0.25, 0.3) is 0 Å². The number of hydrogen-bond donors (Lipinski definition) is 1. The van der Waals surface area contributed by atoms with E-state index in [2.05, 4.69) is 20.7 Å². The van der Waals surface area contributed by atoms with Gasteiger partial charge in [0.25, 0.3) is 0 Å². The molecule has 5 nitrogen and oxygen atoms in total. The zero-order valence-electron chi connectivity index (χ0n) is 10.9. The van der Waals surface area contributed by atoms with Crippen LogP contribution in [0.1, 0.15) is 11.1 Å². The van der Waals surface area contributed by atoms with Crippen molar-refractivity contribution in [1.29, 1.82) is 0 Å². The van der Waals surface area contributed by atoms with Gasteiger partial charge < -0.3 is 0 Å². The zero-order valence-corrected chi connectivity index (χ0v) is 14.1. The predicted molar refractivity (Wildman–Crippen MR) is 80.7 cm³/mol. The molecule has 0 bridgehead atoms. The van der Waals surface area contributed by atoms with Crippen LogP contribution in [0, 0.1) is 13.8 Å². The van der Waals surface area contributed by atoms with E-state index in [0.717, 1.165) is 21.9 Å². The van der Waals surface area contributed by atoms with E-state index in [4.69, 9.17) is 0 Å². The van der Waals surface area contributed by atoms with E-state index in [1.807, 2.05) is 13.8 Å². The van der Waals surface area contributed by atoms with E-state index in [0.29, 0.717) is 5.69 Å². The number of sulfone groups is 1. The Balaban J connectivity index is 2.90. The van der Waals surface area contributed by atoms with Crippen molar-refractivity contribution in [2.45, 2.75) is 13.8 Å². The summed E-state index contributed by atoms with van der Waals surface area (Å²) >= 11 is 3.39. The minimum Gasteiger partial charge on any atom is -0.284 e. The Morgan fingerprint density at radius 3 is 1.95 bits per heavy atom. The first-order chi connectivity index (χ1) is 8.50. The molecule has 0 saturated heterocycles. The number of aryl methyl sites for hydroxylation is 2. The summed E-state index contributed by atoms with van der Waals surface area (Å²) in [5.41, 5.74) is 2.24. The van der Waals surface area contributed by atoms with Crippen molar-refractivity contribution in [2.24, 2.45) is 0 Å². The summed E-state index contributed by atoms with van der Waals surface area (Å²) in [4.78, 5) is 0. The monoisotopic (exact) mass is 369 g/mol. The molecular formula is C11H16BrNO4S2. The first-order valence-electron chi connectivity index (χ1n) is 5.45. The van der Waals surface area contributed by atoms with E-state index in [1.165, 1.54) is 0 Å². The molecular weight excluding hydrogens is 354 g/mol. The van der Waals surface area contributed by atoms with Gasteiger partial charge in [0.2, 0.25) is 10.0 Å². The molecule has 0 saturated carbocycles. The zero-order chi connectivity index (χ0) is 14.8. The van der Waals surface area contributed by atoms with Crippen molar-refractivity contribution in [3.05, 3.63) is 27.7 Å². The second-order valence-electron chi connectivity index (χ2n) is 4.47. The third-order valence-corrected chi connectivity index (χ3v) is 6.18. The van der Waals surface area contributed by atoms with Crippen LogP contribution in [-0.2, 0) is 19.9 Å². The highest BCUT2D eigenvalue weighted by Gasteiger charge is 2.15. The molecule has 108 valence electrons. The van der Waals surface area contributed by atoms with Crippen LogP contribution in [0.2, 0.25) is 0 Å². The Hall–Kier alpha value is -0.600. The molecule has 0 spiro atoms. The number of rotatable bonds is 5. The van der Waals surface area contributed by atoms with Gasteiger partial charge in [-0.05, 0) is 37.1 Å². The highest BCUT2D eigenvalue weighted by Crippen LogP contribution is 2.25. The Bertz CT molecular complexity index is 658. The number of hydrogen-bond acceptors (Lipinski definition) is 4. The summed E-state index contributed by atoms with van der Waals surface area (Å²) in [5.74, 6) is -0.836. The van der Waals surface area contributed by atoms with E-state index in [1.54, 1.807) is 12.1 Å². The molecule has 0 aliphatic rings. The average Bonchev–Trinajstić information content (AvgIpc) is 2.22. The molecule has 0 amide bonds. The third kappa shape index (κ3) is 5.50. The van der Waals surface area contributed by atoms with Gasteiger partial charge >= 0.3 is 0 Å². The number of benzene rings is 1. The second kappa shape index (κ2) is 5.80. The van der Waals surface area contributed by atoms with Crippen molar-refractivity contribution in [2.75, 3.05) is 22.5 Å². The molecule has 0 aromatic heterocycles. The van der Waals surface area contributed by atoms with Gasteiger partial charge in [-0.3, -0.25) is 4.72 Å². The van der Waals surface area contributed by atoms with Crippen LogP contribution in [0.15, 0.2) is 16.6 Å². The van der Waals surface area contributed by atoms with Gasteiger partial charge in [-0.2, -0.15) is 0 Å². The Kier molecular flexibility index (Phi) is 5.02. The van der Waals surface area contributed by atoms with Crippen molar-refractivity contribution in [3.63, 3.8) is 0 Å². The number of anilines is 1. The van der Waals surface area contributed by atoms with Gasteiger partial charge in [-0.1, -0.05) is 15.9 Å². The van der Waals surface area contributed by atoms with E-state index in [-0.39, 0.29) is 0 Å². The minimum atomic E-state index is -3.66. The number of halogens is 1. The highest BCUT2D eigenvalue weighted by atomic mass is 79.9. The maximum atomic E-state index is 11.8. The molecule has 0 unspecified atom stereocenters. The standard InChI is InChI=1S/C11H16BrNO4S2/c1-8-6-10(7-9(2)11(8)12)13-19(16,17)5-4-18(3,14)15/h6-7,13H,4-5H2,1-3H3. The van der Waals surface area contributed by atoms with Crippen LogP contribution in [0.5, 0.6) is 0 Å². The molecule has 1 N–H and O–H groups in total. The lowest BCUT2D eigenvalue weighted by Crippen LogP contribution is -2.22. The smallest absolute Gasteiger partial charge is 0.233 e. The SMILES string of the molecule is Cc1cc(NS(=O)(=O)CCS(C)(=O)=O)cc(C)c1Br.